The Morgan fingerprint density at radius 1 is 1.19 bits per heavy atom. The van der Waals surface area contributed by atoms with Gasteiger partial charge in [-0.1, -0.05) is 30.3 Å². The van der Waals surface area contributed by atoms with Gasteiger partial charge in [0.15, 0.2) is 0 Å². The molecule has 0 N–H and O–H groups in total. The molecule has 0 aromatic heterocycles. The van der Waals surface area contributed by atoms with E-state index in [2.05, 4.69) is 0 Å². The summed E-state index contributed by atoms with van der Waals surface area (Å²) in [7, 11) is -0.425. The lowest BCUT2D eigenvalue weighted by molar-refractivity contribution is -0.133. The summed E-state index contributed by atoms with van der Waals surface area (Å²) in [6.07, 6.45) is 0. The van der Waals surface area contributed by atoms with Gasteiger partial charge < -0.3 is 4.90 Å². The van der Waals surface area contributed by atoms with Gasteiger partial charge in [0.2, 0.25) is 5.91 Å². The molecule has 1 aliphatic rings. The Morgan fingerprint density at radius 3 is 2.33 bits per heavy atom. The molecule has 0 radical (unpaired) electrons. The van der Waals surface area contributed by atoms with Crippen molar-refractivity contribution in [2.75, 3.05) is 33.7 Å². The molecule has 1 atom stereocenters. The Balaban J connectivity index is 2.31. The van der Waals surface area contributed by atoms with Gasteiger partial charge in [0.1, 0.15) is 0 Å². The number of carbonyl (C=O) groups is 1. The third kappa shape index (κ3) is 3.25. The number of piperazine rings is 1. The molecule has 1 amide bonds. The maximum Gasteiger partial charge on any atom is 0.281 e. The number of amides is 1. The average Bonchev–Trinajstić information content (AvgIpc) is 2.47. The van der Waals surface area contributed by atoms with Crippen molar-refractivity contribution in [3.63, 3.8) is 0 Å². The largest absolute Gasteiger partial charge is 0.333 e. The Hall–Kier alpha value is -1.44. The topological polar surface area (TPSA) is 60.9 Å². The number of hydrogen-bond donors (Lipinski definition) is 0. The predicted molar refractivity (Wildman–Crippen MR) is 80.7 cm³/mol. The van der Waals surface area contributed by atoms with Crippen LogP contribution in [0.1, 0.15) is 18.5 Å². The van der Waals surface area contributed by atoms with Gasteiger partial charge in [-0.2, -0.15) is 17.0 Å². The lowest BCUT2D eigenvalue weighted by Crippen LogP contribution is -2.54. The Labute approximate surface area is 126 Å². The number of nitrogens with zero attached hydrogens (tertiary/aromatic N) is 3. The van der Waals surface area contributed by atoms with Crippen LogP contribution in [0.25, 0.3) is 0 Å². The van der Waals surface area contributed by atoms with E-state index in [-0.39, 0.29) is 18.5 Å². The number of rotatable bonds is 3. The molecule has 0 unspecified atom stereocenters. The first-order chi connectivity index (χ1) is 9.84. The summed E-state index contributed by atoms with van der Waals surface area (Å²) >= 11 is 0. The Kier molecular flexibility index (Phi) is 4.65. The number of carbonyl (C=O) groups excluding carboxylic acids is 1. The second kappa shape index (κ2) is 6.13. The third-order valence-electron chi connectivity index (χ3n) is 3.72. The van der Waals surface area contributed by atoms with Gasteiger partial charge in [0.05, 0.1) is 6.04 Å². The Morgan fingerprint density at radius 2 is 1.81 bits per heavy atom. The predicted octanol–water partition coefficient (Wildman–Crippen LogP) is 0.698. The summed E-state index contributed by atoms with van der Waals surface area (Å²) in [4.78, 5) is 13.6. The van der Waals surface area contributed by atoms with Crippen molar-refractivity contribution in [2.45, 2.75) is 13.0 Å². The van der Waals surface area contributed by atoms with Crippen molar-refractivity contribution >= 4 is 16.1 Å². The van der Waals surface area contributed by atoms with E-state index in [1.807, 2.05) is 30.3 Å². The molecule has 7 heteroatoms. The molecule has 1 aromatic rings. The SMILES string of the molecule is CC(=O)N1CCN(S(=O)(=O)N(C)C)C[C@@H]1c1ccccc1. The van der Waals surface area contributed by atoms with Crippen molar-refractivity contribution in [3.8, 4) is 0 Å². The van der Waals surface area contributed by atoms with E-state index in [1.165, 1.54) is 29.6 Å². The standard InChI is InChI=1S/C14H21N3O3S/c1-12(18)17-10-9-16(21(19,20)15(2)3)11-14(17)13-7-5-4-6-8-13/h4-8,14H,9-11H2,1-3H3/t14-/m1/s1. The van der Waals surface area contributed by atoms with Crippen LogP contribution in [0.3, 0.4) is 0 Å². The lowest BCUT2D eigenvalue weighted by Gasteiger charge is -2.41. The van der Waals surface area contributed by atoms with E-state index in [0.717, 1.165) is 5.56 Å². The summed E-state index contributed by atoms with van der Waals surface area (Å²) in [6, 6.07) is 9.30. The van der Waals surface area contributed by atoms with E-state index in [1.54, 1.807) is 4.90 Å². The van der Waals surface area contributed by atoms with Crippen molar-refractivity contribution in [1.29, 1.82) is 0 Å². The van der Waals surface area contributed by atoms with Crippen LogP contribution < -0.4 is 0 Å². The molecule has 21 heavy (non-hydrogen) atoms. The first-order valence-electron chi connectivity index (χ1n) is 6.84. The van der Waals surface area contributed by atoms with Crippen LogP contribution in [-0.4, -0.2) is 61.6 Å². The van der Waals surface area contributed by atoms with Gasteiger partial charge in [-0.25, -0.2) is 0 Å². The molecular weight excluding hydrogens is 290 g/mol. The molecule has 0 aliphatic carbocycles. The molecular formula is C14H21N3O3S. The van der Waals surface area contributed by atoms with E-state index < -0.39 is 10.2 Å². The quantitative estimate of drug-likeness (QED) is 0.825. The molecule has 1 aromatic carbocycles. The zero-order valence-corrected chi connectivity index (χ0v) is 13.4. The smallest absolute Gasteiger partial charge is 0.281 e. The van der Waals surface area contributed by atoms with Gasteiger partial charge in [0, 0.05) is 40.7 Å². The highest BCUT2D eigenvalue weighted by Gasteiger charge is 2.36. The fourth-order valence-corrected chi connectivity index (χ4v) is 3.64. The zero-order chi connectivity index (χ0) is 15.6. The van der Waals surface area contributed by atoms with Crippen LogP contribution in [0.15, 0.2) is 30.3 Å². The molecule has 1 heterocycles. The van der Waals surface area contributed by atoms with Gasteiger partial charge in [-0.05, 0) is 5.56 Å². The highest BCUT2D eigenvalue weighted by Crippen LogP contribution is 2.27. The maximum absolute atomic E-state index is 12.3. The highest BCUT2D eigenvalue weighted by molar-refractivity contribution is 7.86. The zero-order valence-electron chi connectivity index (χ0n) is 12.6. The van der Waals surface area contributed by atoms with Crippen LogP contribution in [0.5, 0.6) is 0 Å². The van der Waals surface area contributed by atoms with Crippen molar-refractivity contribution in [3.05, 3.63) is 35.9 Å². The van der Waals surface area contributed by atoms with E-state index in [0.29, 0.717) is 13.1 Å². The highest BCUT2D eigenvalue weighted by atomic mass is 32.2. The molecule has 1 aliphatic heterocycles. The van der Waals surface area contributed by atoms with Crippen LogP contribution >= 0.6 is 0 Å². The summed E-state index contributed by atoms with van der Waals surface area (Å²) in [5, 5.41) is 0. The molecule has 116 valence electrons. The van der Waals surface area contributed by atoms with E-state index >= 15 is 0 Å². The molecule has 0 saturated carbocycles. The van der Waals surface area contributed by atoms with Crippen LogP contribution in [0, 0.1) is 0 Å². The number of hydrogen-bond acceptors (Lipinski definition) is 3. The first-order valence-corrected chi connectivity index (χ1v) is 8.23. The van der Waals surface area contributed by atoms with E-state index in [4.69, 9.17) is 0 Å². The third-order valence-corrected chi connectivity index (χ3v) is 5.63. The molecule has 6 nitrogen and oxygen atoms in total. The van der Waals surface area contributed by atoms with Gasteiger partial charge in [0.25, 0.3) is 10.2 Å². The van der Waals surface area contributed by atoms with Gasteiger partial charge in [-0.15, -0.1) is 0 Å². The average molecular weight is 311 g/mol. The fourth-order valence-electron chi connectivity index (χ4n) is 2.54. The van der Waals surface area contributed by atoms with Crippen LogP contribution in [0.2, 0.25) is 0 Å². The monoisotopic (exact) mass is 311 g/mol. The first kappa shape index (κ1) is 15.9. The second-order valence-corrected chi connectivity index (χ2v) is 7.43. The summed E-state index contributed by atoms with van der Waals surface area (Å²) in [5.41, 5.74) is 0.950. The van der Waals surface area contributed by atoms with Crippen molar-refractivity contribution in [2.24, 2.45) is 0 Å². The van der Waals surface area contributed by atoms with Crippen molar-refractivity contribution in [1.82, 2.24) is 13.5 Å². The fraction of sp³-hybridized carbons (Fsp3) is 0.500. The minimum absolute atomic E-state index is 0.0363. The number of benzene rings is 1. The molecule has 1 saturated heterocycles. The molecule has 2 rings (SSSR count). The maximum atomic E-state index is 12.3. The second-order valence-electron chi connectivity index (χ2n) is 5.29. The van der Waals surface area contributed by atoms with Gasteiger partial charge >= 0.3 is 0 Å². The molecule has 0 bridgehead atoms. The van der Waals surface area contributed by atoms with Crippen LogP contribution in [0.4, 0.5) is 0 Å². The lowest BCUT2D eigenvalue weighted by atomic mass is 10.0. The summed E-state index contributed by atoms with van der Waals surface area (Å²) < 4.78 is 27.2. The summed E-state index contributed by atoms with van der Waals surface area (Å²) in [6.45, 7) is 2.53. The normalized spacial score (nSPS) is 20.8. The summed E-state index contributed by atoms with van der Waals surface area (Å²) in [5.74, 6) is -0.0363. The molecule has 0 spiro atoms. The van der Waals surface area contributed by atoms with E-state index in [9.17, 15) is 13.2 Å². The van der Waals surface area contributed by atoms with Crippen LogP contribution in [-0.2, 0) is 15.0 Å². The minimum atomic E-state index is -3.46. The van der Waals surface area contributed by atoms with Gasteiger partial charge in [-0.3, -0.25) is 4.79 Å². The van der Waals surface area contributed by atoms with Crippen molar-refractivity contribution < 1.29 is 13.2 Å². The molecule has 1 fully saturated rings. The minimum Gasteiger partial charge on any atom is -0.333 e. The Bertz CT molecular complexity index is 601.